The van der Waals surface area contributed by atoms with Crippen LogP contribution in [0.1, 0.15) is 44.9 Å². The highest BCUT2D eigenvalue weighted by Gasteiger charge is 2.49. The molecule has 2 saturated heterocycles. The lowest BCUT2D eigenvalue weighted by molar-refractivity contribution is -0.146. The van der Waals surface area contributed by atoms with Gasteiger partial charge < -0.3 is 14.4 Å². The summed E-state index contributed by atoms with van der Waals surface area (Å²) >= 11 is 0. The number of piperidine rings is 1. The number of hydrogen-bond donors (Lipinski definition) is 0. The van der Waals surface area contributed by atoms with Crippen LogP contribution in [0.5, 0.6) is 0 Å². The highest BCUT2D eigenvalue weighted by Crippen LogP contribution is 2.41. The van der Waals surface area contributed by atoms with E-state index in [4.69, 9.17) is 0 Å². The lowest BCUT2D eigenvalue weighted by atomic mass is 9.78. The molecule has 0 bridgehead atoms. The standard InChI is InChI=1S/C19H28N4O2/c24-17(3-1-9-21-12-8-20-15-21)23-11-7-19(14-23)6-2-10-22(18(19)25)13-16-4-5-16/h8,12,15-16H,1-7,9-11,13-14H2/t19-/m0/s1. The fraction of sp³-hybridized carbons (Fsp3) is 0.737. The van der Waals surface area contributed by atoms with Gasteiger partial charge in [-0.05, 0) is 44.4 Å². The van der Waals surface area contributed by atoms with Crippen molar-refractivity contribution in [1.82, 2.24) is 19.4 Å². The predicted octanol–water partition coefficient (Wildman–Crippen LogP) is 1.91. The molecular formula is C19H28N4O2. The maximum Gasteiger partial charge on any atom is 0.230 e. The van der Waals surface area contributed by atoms with Crippen LogP contribution < -0.4 is 0 Å². The van der Waals surface area contributed by atoms with Gasteiger partial charge in [0.15, 0.2) is 0 Å². The third-order valence-electron chi connectivity index (χ3n) is 6.07. The molecule has 6 heteroatoms. The molecule has 1 saturated carbocycles. The topological polar surface area (TPSA) is 58.4 Å². The molecule has 2 amide bonds. The van der Waals surface area contributed by atoms with E-state index < -0.39 is 0 Å². The molecule has 1 atom stereocenters. The van der Waals surface area contributed by atoms with Crippen molar-refractivity contribution in [2.45, 2.75) is 51.5 Å². The third-order valence-corrected chi connectivity index (χ3v) is 6.07. The maximum absolute atomic E-state index is 13.0. The summed E-state index contributed by atoms with van der Waals surface area (Å²) in [5.41, 5.74) is -0.285. The molecule has 1 spiro atoms. The van der Waals surface area contributed by atoms with Crippen molar-refractivity contribution < 1.29 is 9.59 Å². The molecular weight excluding hydrogens is 316 g/mol. The summed E-state index contributed by atoms with van der Waals surface area (Å²) in [5.74, 6) is 1.25. The first kappa shape index (κ1) is 16.6. The Morgan fingerprint density at radius 3 is 2.92 bits per heavy atom. The fourth-order valence-corrected chi connectivity index (χ4v) is 4.39. The summed E-state index contributed by atoms with van der Waals surface area (Å²) < 4.78 is 2.00. The second-order valence-electron chi connectivity index (χ2n) is 8.05. The summed E-state index contributed by atoms with van der Waals surface area (Å²) in [6.45, 7) is 4.05. The van der Waals surface area contributed by atoms with E-state index in [9.17, 15) is 9.59 Å². The molecule has 3 heterocycles. The Morgan fingerprint density at radius 2 is 2.16 bits per heavy atom. The SMILES string of the molecule is O=C(CCCn1ccnc1)N1CC[C@@]2(CCCN(CC3CC3)C2=O)C1. The first-order valence-corrected chi connectivity index (χ1v) is 9.69. The molecule has 3 fully saturated rings. The average molecular weight is 344 g/mol. The van der Waals surface area contributed by atoms with Crippen molar-refractivity contribution >= 4 is 11.8 Å². The van der Waals surface area contributed by atoms with E-state index in [2.05, 4.69) is 9.88 Å². The zero-order valence-corrected chi connectivity index (χ0v) is 14.9. The van der Waals surface area contributed by atoms with Gasteiger partial charge in [0.2, 0.25) is 11.8 Å². The molecule has 3 aliphatic rings. The van der Waals surface area contributed by atoms with Crippen molar-refractivity contribution in [1.29, 1.82) is 0 Å². The molecule has 6 nitrogen and oxygen atoms in total. The number of hydrogen-bond acceptors (Lipinski definition) is 3. The molecule has 4 rings (SSSR count). The Kier molecular flexibility index (Phi) is 4.52. The fourth-order valence-electron chi connectivity index (χ4n) is 4.39. The van der Waals surface area contributed by atoms with Gasteiger partial charge in [0, 0.05) is 51.5 Å². The van der Waals surface area contributed by atoms with Crippen LogP contribution in [-0.2, 0) is 16.1 Å². The number of aryl methyl sites for hydroxylation is 1. The van der Waals surface area contributed by atoms with Crippen molar-refractivity contribution in [2.75, 3.05) is 26.2 Å². The summed E-state index contributed by atoms with van der Waals surface area (Å²) in [6.07, 6.45) is 12.3. The largest absolute Gasteiger partial charge is 0.342 e. The molecule has 0 aromatic carbocycles. The van der Waals surface area contributed by atoms with Crippen molar-refractivity contribution in [3.63, 3.8) is 0 Å². The minimum atomic E-state index is -0.285. The Morgan fingerprint density at radius 1 is 1.28 bits per heavy atom. The van der Waals surface area contributed by atoms with Gasteiger partial charge in [0.1, 0.15) is 0 Å². The van der Waals surface area contributed by atoms with Gasteiger partial charge in [-0.2, -0.15) is 0 Å². The maximum atomic E-state index is 13.0. The van der Waals surface area contributed by atoms with Crippen LogP contribution in [-0.4, -0.2) is 57.3 Å². The van der Waals surface area contributed by atoms with Gasteiger partial charge in [-0.1, -0.05) is 0 Å². The molecule has 136 valence electrons. The molecule has 0 N–H and O–H groups in total. The number of rotatable bonds is 6. The number of carbonyl (C=O) groups excluding carboxylic acids is 2. The van der Waals surface area contributed by atoms with Crippen molar-refractivity contribution in [3.05, 3.63) is 18.7 Å². The molecule has 1 aromatic heterocycles. The lowest BCUT2D eigenvalue weighted by Crippen LogP contribution is -2.50. The van der Waals surface area contributed by atoms with Crippen LogP contribution >= 0.6 is 0 Å². The van der Waals surface area contributed by atoms with Gasteiger partial charge in [0.25, 0.3) is 0 Å². The summed E-state index contributed by atoms with van der Waals surface area (Å²) in [5, 5.41) is 0. The Hall–Kier alpha value is -1.85. The second-order valence-corrected chi connectivity index (χ2v) is 8.05. The molecule has 1 aromatic rings. The molecule has 2 aliphatic heterocycles. The van der Waals surface area contributed by atoms with Gasteiger partial charge in [-0.15, -0.1) is 0 Å². The number of likely N-dealkylation sites (tertiary alicyclic amines) is 2. The van der Waals surface area contributed by atoms with E-state index in [1.54, 1.807) is 12.5 Å². The highest BCUT2D eigenvalue weighted by atomic mass is 16.2. The monoisotopic (exact) mass is 344 g/mol. The van der Waals surface area contributed by atoms with E-state index in [-0.39, 0.29) is 11.3 Å². The predicted molar refractivity (Wildman–Crippen MR) is 93.6 cm³/mol. The first-order valence-electron chi connectivity index (χ1n) is 9.69. The summed E-state index contributed by atoms with van der Waals surface area (Å²) in [6, 6.07) is 0. The van der Waals surface area contributed by atoms with Crippen molar-refractivity contribution in [3.8, 4) is 0 Å². The van der Waals surface area contributed by atoms with Crippen LogP contribution in [0.15, 0.2) is 18.7 Å². The lowest BCUT2D eigenvalue weighted by Gasteiger charge is -2.39. The number of amides is 2. The number of carbonyl (C=O) groups is 2. The van der Waals surface area contributed by atoms with Gasteiger partial charge in [-0.3, -0.25) is 9.59 Å². The minimum absolute atomic E-state index is 0.198. The zero-order chi connectivity index (χ0) is 17.3. The van der Waals surface area contributed by atoms with E-state index in [0.717, 1.165) is 57.8 Å². The van der Waals surface area contributed by atoms with Crippen LogP contribution in [0.25, 0.3) is 0 Å². The van der Waals surface area contributed by atoms with Gasteiger partial charge in [-0.25, -0.2) is 4.98 Å². The zero-order valence-electron chi connectivity index (χ0n) is 14.9. The Balaban J connectivity index is 1.30. The minimum Gasteiger partial charge on any atom is -0.342 e. The van der Waals surface area contributed by atoms with Crippen LogP contribution in [0, 0.1) is 11.3 Å². The summed E-state index contributed by atoms with van der Waals surface area (Å²) in [4.78, 5) is 33.6. The first-order chi connectivity index (χ1) is 12.2. The second kappa shape index (κ2) is 6.81. The van der Waals surface area contributed by atoms with E-state index in [1.807, 2.05) is 15.7 Å². The van der Waals surface area contributed by atoms with Crippen molar-refractivity contribution in [2.24, 2.45) is 11.3 Å². The smallest absolute Gasteiger partial charge is 0.230 e. The third kappa shape index (κ3) is 3.58. The Labute approximate surface area is 149 Å². The normalized spacial score (nSPS) is 26.6. The van der Waals surface area contributed by atoms with E-state index in [1.165, 1.54) is 12.8 Å². The molecule has 25 heavy (non-hydrogen) atoms. The van der Waals surface area contributed by atoms with Crippen LogP contribution in [0.4, 0.5) is 0 Å². The number of aromatic nitrogens is 2. The molecule has 0 unspecified atom stereocenters. The highest BCUT2D eigenvalue weighted by molar-refractivity contribution is 5.86. The van der Waals surface area contributed by atoms with Gasteiger partial charge >= 0.3 is 0 Å². The molecule has 0 radical (unpaired) electrons. The van der Waals surface area contributed by atoms with E-state index in [0.29, 0.717) is 18.9 Å². The Bertz CT molecular complexity index is 625. The number of imidazole rings is 1. The number of nitrogens with zero attached hydrogens (tertiary/aromatic N) is 4. The van der Waals surface area contributed by atoms with Gasteiger partial charge in [0.05, 0.1) is 11.7 Å². The summed E-state index contributed by atoms with van der Waals surface area (Å²) in [7, 11) is 0. The van der Waals surface area contributed by atoms with Crippen LogP contribution in [0.3, 0.4) is 0 Å². The van der Waals surface area contributed by atoms with E-state index >= 15 is 0 Å². The average Bonchev–Trinajstić information content (AvgIpc) is 3.10. The quantitative estimate of drug-likeness (QED) is 0.792. The molecule has 1 aliphatic carbocycles. The van der Waals surface area contributed by atoms with Crippen LogP contribution in [0.2, 0.25) is 0 Å².